The van der Waals surface area contributed by atoms with Gasteiger partial charge < -0.3 is 29.8 Å². The molecule has 0 radical (unpaired) electrons. The Labute approximate surface area is 271 Å². The smallest absolute Gasteiger partial charge is 0.387 e. The van der Waals surface area contributed by atoms with E-state index in [-0.39, 0.29) is 22.6 Å². The molecule has 8 atom stereocenters. The third kappa shape index (κ3) is 6.59. The zero-order valence-corrected chi connectivity index (χ0v) is 27.7. The number of rotatable bonds is 9. The van der Waals surface area contributed by atoms with Crippen LogP contribution in [-0.2, 0) is 32.2 Å². The van der Waals surface area contributed by atoms with Crippen LogP contribution in [0.15, 0.2) is 29.6 Å². The Morgan fingerprint density at radius 3 is 2.64 bits per heavy atom. The number of aromatic nitrogens is 5. The third-order valence-electron chi connectivity index (χ3n) is 6.79. The second kappa shape index (κ2) is 12.4. The minimum absolute atomic E-state index is 0.0233. The average Bonchev–Trinajstić information content (AvgIpc) is 3.69. The molecule has 0 spiro atoms. The van der Waals surface area contributed by atoms with E-state index in [0.29, 0.717) is 38.8 Å². The third-order valence-corrected chi connectivity index (χ3v) is 10.9. The summed E-state index contributed by atoms with van der Waals surface area (Å²) in [7, 11) is 0. The molecule has 0 amide bonds. The second-order valence-corrected chi connectivity index (χ2v) is 17.0. The number of hydrogen-bond donors (Lipinski definition) is 5. The van der Waals surface area contributed by atoms with E-state index in [2.05, 4.69) is 39.4 Å². The zero-order valence-electron chi connectivity index (χ0n) is 21.8. The minimum Gasteiger partial charge on any atom is -0.387 e. The Morgan fingerprint density at radius 1 is 1.14 bits per heavy atom. The molecular weight excluding hydrogens is 725 g/mol. The molecule has 3 aromatic heterocycles. The molecule has 2 aliphatic heterocycles. The number of hydrogen-bond acceptors (Lipinski definition) is 14. The summed E-state index contributed by atoms with van der Waals surface area (Å²) in [4.78, 5) is 34.1. The van der Waals surface area contributed by atoms with Crippen molar-refractivity contribution in [3.8, 4) is 0 Å². The van der Waals surface area contributed by atoms with Gasteiger partial charge in [0.15, 0.2) is 18.2 Å². The van der Waals surface area contributed by atoms with E-state index in [0.717, 1.165) is 10.9 Å². The van der Waals surface area contributed by atoms with Gasteiger partial charge in [-0.1, -0.05) is 59.0 Å². The molecular formula is C21H22Cl2N6O10P2S3. The van der Waals surface area contributed by atoms with Crippen molar-refractivity contribution in [3.05, 3.63) is 44.5 Å². The number of benzene rings is 1. The summed E-state index contributed by atoms with van der Waals surface area (Å²) >= 11 is 20.5. The van der Waals surface area contributed by atoms with Gasteiger partial charge in [0, 0.05) is 6.42 Å². The molecule has 2 aliphatic rings. The molecule has 5 heterocycles. The van der Waals surface area contributed by atoms with Gasteiger partial charge in [-0.25, -0.2) is 24.1 Å². The summed E-state index contributed by atoms with van der Waals surface area (Å²) in [6, 6.07) is 3.27. The number of ether oxygens (including phenoxy) is 2. The van der Waals surface area contributed by atoms with Crippen molar-refractivity contribution in [2.75, 3.05) is 12.3 Å². The predicted octanol–water partition coefficient (Wildman–Crippen LogP) is 4.17. The first-order valence-corrected chi connectivity index (χ1v) is 19.5. The number of thiol groups is 2. The van der Waals surface area contributed by atoms with Crippen LogP contribution in [0.3, 0.4) is 0 Å². The first kappa shape index (κ1) is 32.7. The highest BCUT2D eigenvalue weighted by molar-refractivity contribution is 8.44. The molecule has 2 fully saturated rings. The van der Waals surface area contributed by atoms with Crippen LogP contribution in [0.5, 0.6) is 0 Å². The monoisotopic (exact) mass is 746 g/mol. The molecule has 44 heavy (non-hydrogen) atoms. The fourth-order valence-corrected chi connectivity index (χ4v) is 8.29. The van der Waals surface area contributed by atoms with Crippen LogP contribution in [-0.4, -0.2) is 65.3 Å². The highest BCUT2D eigenvalue weighted by Gasteiger charge is 2.51. The number of fused-ring (bicyclic) bond motifs is 2. The number of aliphatic hydroxyl groups is 1. The van der Waals surface area contributed by atoms with Gasteiger partial charge in [-0.15, -0.1) is 0 Å². The number of nitrogens with zero attached hydrogens (tertiary/aromatic N) is 5. The number of aliphatic hydroxyl groups excluding tert-OH is 1. The fourth-order valence-electron chi connectivity index (χ4n) is 4.89. The molecule has 23 heteroatoms. The Kier molecular flexibility index (Phi) is 9.20. The molecule has 3 unspecified atom stereocenters. The van der Waals surface area contributed by atoms with Crippen molar-refractivity contribution in [2.45, 2.75) is 49.9 Å². The van der Waals surface area contributed by atoms with Crippen LogP contribution in [0.25, 0.3) is 21.4 Å². The van der Waals surface area contributed by atoms with E-state index in [9.17, 15) is 23.9 Å². The van der Waals surface area contributed by atoms with Gasteiger partial charge in [0.05, 0.1) is 34.0 Å². The Hall–Kier alpha value is -1.28. The van der Waals surface area contributed by atoms with E-state index in [1.54, 1.807) is 23.0 Å². The summed E-state index contributed by atoms with van der Waals surface area (Å²) < 4.78 is 56.0. The molecule has 1 aromatic carbocycles. The predicted molar refractivity (Wildman–Crippen MR) is 166 cm³/mol. The Bertz CT molecular complexity index is 1890. The summed E-state index contributed by atoms with van der Waals surface area (Å²) in [6.07, 6.45) is -4.27. The summed E-state index contributed by atoms with van der Waals surface area (Å²) in [5.41, 5.74) is 7.19. The first-order chi connectivity index (χ1) is 20.7. The van der Waals surface area contributed by atoms with Crippen LogP contribution in [0, 0.1) is 0 Å². The highest BCUT2D eigenvalue weighted by atomic mass is 35.5. The van der Waals surface area contributed by atoms with Gasteiger partial charge in [-0.2, -0.15) is 0 Å². The lowest BCUT2D eigenvalue weighted by Crippen LogP contribution is -2.36. The number of nitrogens with two attached hydrogens (primary N) is 1. The lowest BCUT2D eigenvalue weighted by Gasteiger charge is -2.26. The molecule has 0 saturated carbocycles. The van der Waals surface area contributed by atoms with Crippen LogP contribution in [0.1, 0.15) is 25.3 Å². The lowest BCUT2D eigenvalue weighted by atomic mass is 10.1. The molecule has 2 saturated heterocycles. The maximum Gasteiger partial charge on any atom is 0.388 e. The van der Waals surface area contributed by atoms with Crippen molar-refractivity contribution < 1.29 is 42.2 Å². The van der Waals surface area contributed by atoms with E-state index >= 15 is 0 Å². The molecule has 4 aromatic rings. The normalized spacial score (nSPS) is 28.5. The number of anilines is 1. The van der Waals surface area contributed by atoms with Gasteiger partial charge in [0.25, 0.3) is 0 Å². The van der Waals surface area contributed by atoms with Crippen molar-refractivity contribution in [1.29, 1.82) is 0 Å². The van der Waals surface area contributed by atoms with E-state index in [1.165, 1.54) is 0 Å². The topological polar surface area (TPSA) is 212 Å². The van der Waals surface area contributed by atoms with Crippen LogP contribution in [0.2, 0.25) is 10.0 Å². The maximum absolute atomic E-state index is 13.6. The van der Waals surface area contributed by atoms with Gasteiger partial charge in [0.2, 0.25) is 0 Å². The Balaban J connectivity index is 1.23. The van der Waals surface area contributed by atoms with Gasteiger partial charge in [-0.05, 0) is 18.6 Å². The van der Waals surface area contributed by atoms with E-state index < -0.39 is 62.1 Å². The molecule has 16 nitrogen and oxygen atoms in total. The number of imidazole rings is 1. The maximum atomic E-state index is 13.6. The molecule has 0 bridgehead atoms. The van der Waals surface area contributed by atoms with Crippen LogP contribution < -0.4 is 10.6 Å². The Morgan fingerprint density at radius 2 is 1.89 bits per heavy atom. The molecule has 4 N–H and O–H groups in total. The molecule has 0 aliphatic carbocycles. The number of nitrogen functional groups attached to an aromatic ring is 1. The van der Waals surface area contributed by atoms with E-state index in [4.69, 9.17) is 52.0 Å². The largest absolute Gasteiger partial charge is 0.388 e. The summed E-state index contributed by atoms with van der Waals surface area (Å²) in [5.74, 6) is 0.0233. The van der Waals surface area contributed by atoms with Gasteiger partial charge in [-0.3, -0.25) is 22.9 Å². The SMILES string of the molecule is Nc1ncnc2c1sc(=O)n2[C@@H]1O[C@H](COP(=O)(O)S)[C@@H](O)C1OP(=O)(S)O[C@@H]1CC[C@H](n2cnc3cc(Cl)c(Cl)cc32)O1. The van der Waals surface area contributed by atoms with E-state index in [1.807, 2.05) is 0 Å². The zero-order chi connectivity index (χ0) is 31.6. The molecule has 6 rings (SSSR count). The standard InChI is InChI=1S/C21H22Cl2N6O10P2S3/c22-8-3-10-11(4-9(8)23)28(7-27-10)13-1-2-14(37-13)38-41(34,43)39-16-15(30)12(5-35-40(32,33)42)36-20(16)29-19-17(44-21(29)31)18(24)25-6-26-19/h3-4,6-7,12-16,20,30H,1-2,5H2,(H,34,43)(H2,24,25,26)(H2,32,33,42)/t12-,13-,14-,15-,16?,20-,41?/m1/s1. The summed E-state index contributed by atoms with van der Waals surface area (Å²) in [5, 5.41) is 11.8. The van der Waals surface area contributed by atoms with Crippen molar-refractivity contribution >= 4 is 99.8 Å². The summed E-state index contributed by atoms with van der Waals surface area (Å²) in [6.45, 7) is -9.28. The van der Waals surface area contributed by atoms with Crippen molar-refractivity contribution in [2.24, 2.45) is 0 Å². The molecule has 238 valence electrons. The van der Waals surface area contributed by atoms with Crippen molar-refractivity contribution in [1.82, 2.24) is 24.1 Å². The second-order valence-electron chi connectivity index (χ2n) is 9.64. The first-order valence-electron chi connectivity index (χ1n) is 12.5. The fraction of sp³-hybridized carbons (Fsp3) is 0.429. The quantitative estimate of drug-likeness (QED) is 0.120. The highest BCUT2D eigenvalue weighted by Crippen LogP contribution is 2.59. The number of thiazole rings is 1. The van der Waals surface area contributed by atoms with Crippen molar-refractivity contribution in [3.63, 3.8) is 0 Å². The van der Waals surface area contributed by atoms with Gasteiger partial charge in [0.1, 0.15) is 41.4 Å². The van der Waals surface area contributed by atoms with Crippen LogP contribution in [0.4, 0.5) is 5.82 Å². The average molecular weight is 747 g/mol. The van der Waals surface area contributed by atoms with Gasteiger partial charge >= 0.3 is 18.5 Å². The minimum atomic E-state index is -4.36. The number of halogens is 2. The lowest BCUT2D eigenvalue weighted by molar-refractivity contribution is -0.104. The van der Waals surface area contributed by atoms with Crippen LogP contribution >= 0.6 is 72.6 Å².